The molecule has 0 aromatic carbocycles. The van der Waals surface area contributed by atoms with Crippen molar-refractivity contribution in [2.45, 2.75) is 50.2 Å². The van der Waals surface area contributed by atoms with Crippen LogP contribution in [-0.2, 0) is 12.8 Å². The molecule has 2 heterocycles. The molecule has 0 N–H and O–H groups in total. The maximum Gasteiger partial charge on any atom is 0.189 e. The molecule has 5 heteroatoms. The fourth-order valence-corrected chi connectivity index (χ4v) is 5.55. The van der Waals surface area contributed by atoms with Crippen LogP contribution in [-0.4, -0.2) is 22.5 Å². The molecule has 21 heavy (non-hydrogen) atoms. The van der Waals surface area contributed by atoms with E-state index >= 15 is 0 Å². The van der Waals surface area contributed by atoms with Crippen molar-refractivity contribution in [3.8, 4) is 0 Å². The van der Waals surface area contributed by atoms with E-state index in [1.54, 1.807) is 28.4 Å². The van der Waals surface area contributed by atoms with Crippen LogP contribution in [0.5, 0.6) is 0 Å². The topological polar surface area (TPSA) is 25.8 Å². The molecule has 0 saturated carbocycles. The summed E-state index contributed by atoms with van der Waals surface area (Å²) >= 11 is 5.29. The van der Waals surface area contributed by atoms with Crippen LogP contribution in [0.1, 0.15) is 37.6 Å². The summed E-state index contributed by atoms with van der Waals surface area (Å²) in [4.78, 5) is 12.2. The number of thioether (sulfide) groups is 2. The molecule has 0 unspecified atom stereocenters. The third-order valence-corrected chi connectivity index (χ3v) is 6.83. The van der Waals surface area contributed by atoms with Crippen LogP contribution >= 0.6 is 34.9 Å². The van der Waals surface area contributed by atoms with Crippen molar-refractivity contribution in [3.05, 3.63) is 10.4 Å². The van der Waals surface area contributed by atoms with Crippen LogP contribution in [0.15, 0.2) is 10.2 Å². The molecule has 2 aromatic rings. The minimum atomic E-state index is 0.395. The molecule has 1 atom stereocenters. The minimum Gasteiger partial charge on any atom is -0.215 e. The van der Waals surface area contributed by atoms with Gasteiger partial charge in [0.05, 0.1) is 0 Å². The molecule has 1 aliphatic carbocycles. The molecule has 114 valence electrons. The molecular formula is C16H22N2S3. The lowest BCUT2D eigenvalue weighted by molar-refractivity contribution is 0.218. The van der Waals surface area contributed by atoms with Crippen molar-refractivity contribution < 1.29 is 0 Å². The lowest BCUT2D eigenvalue weighted by Gasteiger charge is -2.33. The number of aryl methyl sites for hydroxylation is 1. The van der Waals surface area contributed by atoms with E-state index in [1.165, 1.54) is 35.0 Å². The summed E-state index contributed by atoms with van der Waals surface area (Å²) < 4.78 is 0. The molecule has 1 aliphatic rings. The second-order valence-corrected chi connectivity index (χ2v) is 9.36. The average Bonchev–Trinajstić information content (AvgIpc) is 2.82. The minimum absolute atomic E-state index is 0.395. The van der Waals surface area contributed by atoms with Crippen molar-refractivity contribution in [2.24, 2.45) is 11.3 Å². The quantitative estimate of drug-likeness (QED) is 0.422. The fraction of sp³-hybridized carbons (Fsp3) is 0.625. The summed E-state index contributed by atoms with van der Waals surface area (Å²) in [5, 5.41) is 3.40. The molecule has 0 fully saturated rings. The Hall–Kier alpha value is -0.260. The van der Waals surface area contributed by atoms with Gasteiger partial charge in [-0.05, 0) is 48.7 Å². The molecule has 2 aromatic heterocycles. The molecular weight excluding hydrogens is 316 g/mol. The van der Waals surface area contributed by atoms with Crippen LogP contribution < -0.4 is 0 Å². The Balaban J connectivity index is 2.11. The molecule has 0 bridgehead atoms. The van der Waals surface area contributed by atoms with Crippen molar-refractivity contribution in [2.75, 3.05) is 12.5 Å². The Labute approximate surface area is 139 Å². The van der Waals surface area contributed by atoms with Crippen molar-refractivity contribution in [3.63, 3.8) is 0 Å². The zero-order chi connectivity index (χ0) is 15.2. The Morgan fingerprint density at radius 3 is 2.52 bits per heavy atom. The molecule has 0 saturated heterocycles. The number of hydrogen-bond acceptors (Lipinski definition) is 5. The van der Waals surface area contributed by atoms with Gasteiger partial charge in [-0.15, -0.1) is 23.1 Å². The molecule has 0 spiro atoms. The van der Waals surface area contributed by atoms with Gasteiger partial charge in [-0.25, -0.2) is 9.97 Å². The fourth-order valence-electron chi connectivity index (χ4n) is 3.10. The predicted octanol–water partition coefficient (Wildman–Crippen LogP) is 5.29. The first-order chi connectivity index (χ1) is 9.94. The highest BCUT2D eigenvalue weighted by Gasteiger charge is 2.31. The zero-order valence-electron chi connectivity index (χ0n) is 13.3. The smallest absolute Gasteiger partial charge is 0.189 e. The highest BCUT2D eigenvalue weighted by atomic mass is 32.2. The molecule has 0 amide bonds. The number of rotatable bonds is 2. The zero-order valence-corrected chi connectivity index (χ0v) is 15.8. The van der Waals surface area contributed by atoms with Gasteiger partial charge in [-0.1, -0.05) is 32.5 Å². The van der Waals surface area contributed by atoms with Crippen LogP contribution in [0, 0.1) is 11.3 Å². The number of aromatic nitrogens is 2. The molecule has 0 radical (unpaired) electrons. The van der Waals surface area contributed by atoms with E-state index < -0.39 is 0 Å². The Morgan fingerprint density at radius 1 is 1.14 bits per heavy atom. The maximum absolute atomic E-state index is 4.75. The number of nitrogens with zero attached hydrogens (tertiary/aromatic N) is 2. The largest absolute Gasteiger partial charge is 0.215 e. The van der Waals surface area contributed by atoms with E-state index in [9.17, 15) is 0 Å². The highest BCUT2D eigenvalue weighted by Crippen LogP contribution is 2.44. The third-order valence-electron chi connectivity index (χ3n) is 4.46. The predicted molar refractivity (Wildman–Crippen MR) is 95.9 cm³/mol. The number of hydrogen-bond donors (Lipinski definition) is 0. The SMILES string of the molecule is CSc1nc(SC)c2c3c(sc2n1)C[C@@H](C(C)(C)C)CC3. The molecule has 2 nitrogen and oxygen atoms in total. The average molecular weight is 339 g/mol. The monoisotopic (exact) mass is 338 g/mol. The van der Waals surface area contributed by atoms with Gasteiger partial charge < -0.3 is 0 Å². The van der Waals surface area contributed by atoms with Crippen LogP contribution in [0.25, 0.3) is 10.2 Å². The number of thiophene rings is 1. The maximum atomic E-state index is 4.75. The van der Waals surface area contributed by atoms with Gasteiger partial charge >= 0.3 is 0 Å². The lowest BCUT2D eigenvalue weighted by atomic mass is 9.72. The van der Waals surface area contributed by atoms with E-state index in [0.29, 0.717) is 5.41 Å². The Morgan fingerprint density at radius 2 is 1.90 bits per heavy atom. The normalized spacial score (nSPS) is 19.0. The van der Waals surface area contributed by atoms with Crippen molar-refractivity contribution in [1.29, 1.82) is 0 Å². The van der Waals surface area contributed by atoms with Gasteiger partial charge in [-0.3, -0.25) is 0 Å². The van der Waals surface area contributed by atoms with E-state index in [2.05, 4.69) is 33.3 Å². The first-order valence-electron chi connectivity index (χ1n) is 7.34. The van der Waals surface area contributed by atoms with Crippen molar-refractivity contribution in [1.82, 2.24) is 9.97 Å². The van der Waals surface area contributed by atoms with Gasteiger partial charge in [0.15, 0.2) is 5.16 Å². The van der Waals surface area contributed by atoms with Gasteiger partial charge in [-0.2, -0.15) is 0 Å². The summed E-state index contributed by atoms with van der Waals surface area (Å²) in [7, 11) is 0. The van der Waals surface area contributed by atoms with Gasteiger partial charge in [0.25, 0.3) is 0 Å². The van der Waals surface area contributed by atoms with E-state index in [-0.39, 0.29) is 0 Å². The van der Waals surface area contributed by atoms with Crippen LogP contribution in [0.4, 0.5) is 0 Å². The lowest BCUT2D eigenvalue weighted by Crippen LogP contribution is -2.26. The van der Waals surface area contributed by atoms with Gasteiger partial charge in [0.1, 0.15) is 9.86 Å². The number of fused-ring (bicyclic) bond motifs is 3. The molecule has 3 rings (SSSR count). The van der Waals surface area contributed by atoms with Gasteiger partial charge in [0.2, 0.25) is 0 Å². The highest BCUT2D eigenvalue weighted by molar-refractivity contribution is 7.99. The first kappa shape index (κ1) is 15.6. The second-order valence-electron chi connectivity index (χ2n) is 6.71. The van der Waals surface area contributed by atoms with Gasteiger partial charge in [0, 0.05) is 10.3 Å². The van der Waals surface area contributed by atoms with E-state index in [1.807, 2.05) is 11.3 Å². The van der Waals surface area contributed by atoms with Crippen LogP contribution in [0.2, 0.25) is 0 Å². The Bertz CT molecular complexity index is 670. The first-order valence-corrected chi connectivity index (χ1v) is 10.6. The summed E-state index contributed by atoms with van der Waals surface area (Å²) in [5.74, 6) is 0.781. The third kappa shape index (κ3) is 2.84. The summed E-state index contributed by atoms with van der Waals surface area (Å²) in [6, 6.07) is 0. The summed E-state index contributed by atoms with van der Waals surface area (Å²) in [6.45, 7) is 7.11. The second kappa shape index (κ2) is 5.74. The standard InChI is InChI=1S/C16H22N2S3/c1-16(2,3)9-6-7-10-11(8-9)21-14-12(10)13(19-4)17-15(18-14)20-5/h9H,6-8H2,1-5H3/t9-/m0/s1. The summed E-state index contributed by atoms with van der Waals surface area (Å²) in [5.41, 5.74) is 1.93. The summed E-state index contributed by atoms with van der Waals surface area (Å²) in [6.07, 6.45) is 7.86. The Kier molecular flexibility index (Phi) is 4.27. The van der Waals surface area contributed by atoms with E-state index in [4.69, 9.17) is 9.97 Å². The van der Waals surface area contributed by atoms with Crippen LogP contribution in [0.3, 0.4) is 0 Å². The molecule has 0 aliphatic heterocycles. The van der Waals surface area contributed by atoms with Crippen molar-refractivity contribution >= 4 is 45.1 Å². The van der Waals surface area contributed by atoms with E-state index in [0.717, 1.165) is 16.1 Å².